The number of benzene rings is 1. The van der Waals surface area contributed by atoms with Crippen LogP contribution in [0.3, 0.4) is 0 Å². The molecule has 0 unspecified atom stereocenters. The van der Waals surface area contributed by atoms with Gasteiger partial charge in [0.05, 0.1) is 16.9 Å². The van der Waals surface area contributed by atoms with Gasteiger partial charge in [-0.3, -0.25) is 4.79 Å². The second kappa shape index (κ2) is 4.45. The number of rotatable bonds is 2. The lowest BCUT2D eigenvalue weighted by atomic mass is 10.3. The molecule has 0 radical (unpaired) electrons. The van der Waals surface area contributed by atoms with Crippen LogP contribution in [0.15, 0.2) is 12.1 Å². The van der Waals surface area contributed by atoms with E-state index in [1.165, 1.54) is 6.92 Å². The first-order valence-corrected chi connectivity index (χ1v) is 5.18. The third kappa shape index (κ3) is 1.88. The maximum absolute atomic E-state index is 13.1. The molecule has 3 nitrogen and oxygen atoms in total. The lowest BCUT2D eigenvalue weighted by Crippen LogP contribution is -2.01. The summed E-state index contributed by atoms with van der Waals surface area (Å²) in [6.45, 7) is 1.52. The van der Waals surface area contributed by atoms with E-state index >= 15 is 0 Å². The SMILES string of the molecule is Cc1nn(-c2cc(F)c(F)c(F)c2)c(Cl)c1C=O. The van der Waals surface area contributed by atoms with Crippen molar-refractivity contribution >= 4 is 17.9 Å². The quantitative estimate of drug-likeness (QED) is 0.623. The van der Waals surface area contributed by atoms with Crippen molar-refractivity contribution < 1.29 is 18.0 Å². The Kier molecular flexibility index (Phi) is 3.13. The highest BCUT2D eigenvalue weighted by Crippen LogP contribution is 2.24. The first-order valence-electron chi connectivity index (χ1n) is 4.81. The summed E-state index contributed by atoms with van der Waals surface area (Å²) in [7, 11) is 0. The zero-order valence-corrected chi connectivity index (χ0v) is 9.80. The number of hydrogen-bond acceptors (Lipinski definition) is 2. The molecule has 0 spiro atoms. The van der Waals surface area contributed by atoms with E-state index in [1.807, 2.05) is 0 Å². The third-order valence-corrected chi connectivity index (χ3v) is 2.74. The molecule has 1 aromatic heterocycles. The number of carbonyl (C=O) groups is 1. The van der Waals surface area contributed by atoms with E-state index in [2.05, 4.69) is 5.10 Å². The zero-order chi connectivity index (χ0) is 13.4. The van der Waals surface area contributed by atoms with Crippen molar-refractivity contribution in [2.45, 2.75) is 6.92 Å². The van der Waals surface area contributed by atoms with Crippen molar-refractivity contribution in [1.29, 1.82) is 0 Å². The highest BCUT2D eigenvalue weighted by atomic mass is 35.5. The molecule has 7 heteroatoms. The van der Waals surface area contributed by atoms with E-state index in [-0.39, 0.29) is 16.4 Å². The maximum Gasteiger partial charge on any atom is 0.194 e. The number of aromatic nitrogens is 2. The molecule has 2 rings (SSSR count). The molecule has 94 valence electrons. The largest absolute Gasteiger partial charge is 0.298 e. The molecule has 18 heavy (non-hydrogen) atoms. The second-order valence-electron chi connectivity index (χ2n) is 3.54. The van der Waals surface area contributed by atoms with Gasteiger partial charge in [-0.2, -0.15) is 5.10 Å². The monoisotopic (exact) mass is 274 g/mol. The average molecular weight is 275 g/mol. The van der Waals surface area contributed by atoms with Crippen LogP contribution >= 0.6 is 11.6 Å². The third-order valence-electron chi connectivity index (χ3n) is 2.38. The summed E-state index contributed by atoms with van der Waals surface area (Å²) in [6.07, 6.45) is 0.484. The van der Waals surface area contributed by atoms with Gasteiger partial charge in [0, 0.05) is 12.1 Å². The van der Waals surface area contributed by atoms with Crippen LogP contribution in [0, 0.1) is 24.4 Å². The number of aryl methyl sites for hydroxylation is 1. The van der Waals surface area contributed by atoms with Crippen LogP contribution in [0.1, 0.15) is 16.1 Å². The molecule has 0 saturated carbocycles. The van der Waals surface area contributed by atoms with Crippen molar-refractivity contribution in [3.8, 4) is 5.69 Å². The zero-order valence-electron chi connectivity index (χ0n) is 9.05. The van der Waals surface area contributed by atoms with Crippen molar-refractivity contribution in [2.75, 3.05) is 0 Å². The van der Waals surface area contributed by atoms with Gasteiger partial charge in [0.1, 0.15) is 5.15 Å². The lowest BCUT2D eigenvalue weighted by Gasteiger charge is -2.04. The topological polar surface area (TPSA) is 34.9 Å². The molecule has 2 aromatic rings. The molecule has 0 fully saturated rings. The molecule has 0 amide bonds. The average Bonchev–Trinajstić information content (AvgIpc) is 2.60. The lowest BCUT2D eigenvalue weighted by molar-refractivity contribution is 0.112. The van der Waals surface area contributed by atoms with Crippen molar-refractivity contribution in [2.24, 2.45) is 0 Å². The fourth-order valence-corrected chi connectivity index (χ4v) is 1.80. The van der Waals surface area contributed by atoms with Gasteiger partial charge in [-0.15, -0.1) is 0 Å². The van der Waals surface area contributed by atoms with Gasteiger partial charge in [0.25, 0.3) is 0 Å². The van der Waals surface area contributed by atoms with Crippen molar-refractivity contribution in [3.05, 3.63) is 46.0 Å². The summed E-state index contributed by atoms with van der Waals surface area (Å²) in [5, 5.41) is 3.77. The Hall–Kier alpha value is -1.82. The van der Waals surface area contributed by atoms with E-state index in [9.17, 15) is 18.0 Å². The summed E-state index contributed by atoms with van der Waals surface area (Å²) >= 11 is 5.84. The summed E-state index contributed by atoms with van der Waals surface area (Å²) in [5.74, 6) is -4.29. The Morgan fingerprint density at radius 2 is 1.83 bits per heavy atom. The fourth-order valence-electron chi connectivity index (χ4n) is 1.48. The smallest absolute Gasteiger partial charge is 0.194 e. The van der Waals surface area contributed by atoms with Crippen molar-refractivity contribution in [1.82, 2.24) is 9.78 Å². The minimum atomic E-state index is -1.57. The number of carbonyl (C=O) groups excluding carboxylic acids is 1. The molecule has 1 heterocycles. The van der Waals surface area contributed by atoms with Crippen LogP contribution in [0.25, 0.3) is 5.69 Å². The number of hydrogen-bond donors (Lipinski definition) is 0. The summed E-state index contributed by atoms with van der Waals surface area (Å²) in [5.41, 5.74) is 0.314. The van der Waals surface area contributed by atoms with Gasteiger partial charge in [-0.1, -0.05) is 11.6 Å². The van der Waals surface area contributed by atoms with Gasteiger partial charge in [-0.05, 0) is 6.92 Å². The molecule has 0 N–H and O–H groups in total. The van der Waals surface area contributed by atoms with Gasteiger partial charge in [-0.25, -0.2) is 17.9 Å². The van der Waals surface area contributed by atoms with Crippen LogP contribution in [0.2, 0.25) is 5.15 Å². The molecular weight excluding hydrogens is 269 g/mol. The normalized spacial score (nSPS) is 10.7. The molecule has 0 aliphatic heterocycles. The van der Waals surface area contributed by atoms with Crippen LogP contribution in [0.5, 0.6) is 0 Å². The van der Waals surface area contributed by atoms with Gasteiger partial charge in [0.2, 0.25) is 0 Å². The Morgan fingerprint density at radius 1 is 1.28 bits per heavy atom. The van der Waals surface area contributed by atoms with E-state index < -0.39 is 17.5 Å². The van der Waals surface area contributed by atoms with Crippen LogP contribution in [0.4, 0.5) is 13.2 Å². The van der Waals surface area contributed by atoms with Crippen LogP contribution < -0.4 is 0 Å². The molecule has 0 bridgehead atoms. The standard InChI is InChI=1S/C11H6ClF3N2O/c1-5-7(4-18)11(12)17(16-5)6-2-8(13)10(15)9(14)3-6/h2-4H,1H3. The number of aldehydes is 1. The fraction of sp³-hybridized carbons (Fsp3) is 0.0909. The van der Waals surface area contributed by atoms with Crippen LogP contribution in [-0.4, -0.2) is 16.1 Å². The minimum absolute atomic E-state index is 0.0899. The molecule has 1 aromatic carbocycles. The molecule has 0 atom stereocenters. The predicted octanol–water partition coefficient (Wildman–Crippen LogP) is 3.06. The highest BCUT2D eigenvalue weighted by molar-refractivity contribution is 6.32. The second-order valence-corrected chi connectivity index (χ2v) is 3.90. The first kappa shape index (κ1) is 12.6. The molecule has 0 saturated heterocycles. The Labute approximate surface area is 105 Å². The molecule has 0 aliphatic carbocycles. The van der Waals surface area contributed by atoms with Gasteiger partial charge in [0.15, 0.2) is 23.7 Å². The maximum atomic E-state index is 13.1. The van der Waals surface area contributed by atoms with Crippen molar-refractivity contribution in [3.63, 3.8) is 0 Å². The number of halogens is 4. The first-order chi connectivity index (χ1) is 8.45. The highest BCUT2D eigenvalue weighted by Gasteiger charge is 2.17. The summed E-state index contributed by atoms with van der Waals surface area (Å²) < 4.78 is 39.9. The Bertz CT molecular complexity index is 616. The Morgan fingerprint density at radius 3 is 2.28 bits per heavy atom. The Balaban J connectivity index is 2.66. The predicted molar refractivity (Wildman–Crippen MR) is 58.6 cm³/mol. The summed E-state index contributed by atoms with van der Waals surface area (Å²) in [6, 6.07) is 1.48. The number of nitrogens with zero attached hydrogens (tertiary/aromatic N) is 2. The van der Waals surface area contributed by atoms with E-state index in [0.717, 1.165) is 16.8 Å². The van der Waals surface area contributed by atoms with E-state index in [0.29, 0.717) is 12.0 Å². The van der Waals surface area contributed by atoms with Crippen LogP contribution in [-0.2, 0) is 0 Å². The molecular formula is C11H6ClF3N2O. The van der Waals surface area contributed by atoms with E-state index in [4.69, 9.17) is 11.6 Å². The van der Waals surface area contributed by atoms with E-state index in [1.54, 1.807) is 0 Å². The minimum Gasteiger partial charge on any atom is -0.298 e. The summed E-state index contributed by atoms with van der Waals surface area (Å²) in [4.78, 5) is 10.7. The van der Waals surface area contributed by atoms with Gasteiger partial charge >= 0.3 is 0 Å². The van der Waals surface area contributed by atoms with Gasteiger partial charge < -0.3 is 0 Å². The molecule has 0 aliphatic rings.